The van der Waals surface area contributed by atoms with Crippen molar-refractivity contribution in [1.29, 1.82) is 0 Å². The number of hydrogen-bond donors (Lipinski definition) is 1. The molecule has 0 saturated heterocycles. The van der Waals surface area contributed by atoms with Gasteiger partial charge < -0.3 is 5.73 Å². The summed E-state index contributed by atoms with van der Waals surface area (Å²) in [6.07, 6.45) is 1.83. The average Bonchev–Trinajstić information content (AvgIpc) is 2.67. The highest BCUT2D eigenvalue weighted by atomic mass is 15.3. The largest absolute Gasteiger partial charge is 0.324 e. The van der Waals surface area contributed by atoms with E-state index in [1.165, 1.54) is 11.1 Å². The van der Waals surface area contributed by atoms with Gasteiger partial charge in [0.25, 0.3) is 0 Å². The van der Waals surface area contributed by atoms with Gasteiger partial charge in [-0.2, -0.15) is 5.10 Å². The van der Waals surface area contributed by atoms with Crippen molar-refractivity contribution in [2.75, 3.05) is 0 Å². The molecule has 1 aromatic carbocycles. The summed E-state index contributed by atoms with van der Waals surface area (Å²) in [4.78, 5) is 4.39. The van der Waals surface area contributed by atoms with Crippen LogP contribution in [0.2, 0.25) is 0 Å². The van der Waals surface area contributed by atoms with E-state index in [0.717, 1.165) is 24.5 Å². The molecule has 0 spiro atoms. The molecule has 0 aliphatic rings. The van der Waals surface area contributed by atoms with Gasteiger partial charge in [-0.3, -0.25) is 4.68 Å². The number of hydrogen-bond acceptors (Lipinski definition) is 3. The Balaban J connectivity index is 2.02. The zero-order valence-electron chi connectivity index (χ0n) is 10.3. The summed E-state index contributed by atoms with van der Waals surface area (Å²) in [5, 5.41) is 4.34. The van der Waals surface area contributed by atoms with Crippen LogP contribution in [0.3, 0.4) is 0 Å². The summed E-state index contributed by atoms with van der Waals surface area (Å²) >= 11 is 0. The maximum absolute atomic E-state index is 5.57. The molecule has 1 aromatic heterocycles. The van der Waals surface area contributed by atoms with Gasteiger partial charge in [-0.1, -0.05) is 29.8 Å². The van der Waals surface area contributed by atoms with Gasteiger partial charge in [0.1, 0.15) is 5.82 Å². The topological polar surface area (TPSA) is 56.7 Å². The lowest BCUT2D eigenvalue weighted by atomic mass is 10.1. The molecule has 0 radical (unpaired) electrons. The number of aromatic nitrogens is 3. The second-order valence-corrected chi connectivity index (χ2v) is 4.26. The minimum Gasteiger partial charge on any atom is -0.324 e. The molecule has 4 heteroatoms. The van der Waals surface area contributed by atoms with Crippen molar-refractivity contribution in [3.05, 3.63) is 47.0 Å². The van der Waals surface area contributed by atoms with E-state index >= 15 is 0 Å². The lowest BCUT2D eigenvalue weighted by Crippen LogP contribution is -2.05. The Morgan fingerprint density at radius 2 is 2.12 bits per heavy atom. The van der Waals surface area contributed by atoms with Gasteiger partial charge in [0, 0.05) is 13.5 Å². The maximum Gasteiger partial charge on any atom is 0.151 e. The first-order chi connectivity index (χ1) is 8.19. The van der Waals surface area contributed by atoms with Crippen molar-refractivity contribution in [2.24, 2.45) is 12.8 Å². The number of nitrogens with two attached hydrogens (primary N) is 1. The van der Waals surface area contributed by atoms with Gasteiger partial charge in [-0.15, -0.1) is 0 Å². The van der Waals surface area contributed by atoms with Gasteiger partial charge in [0.05, 0.1) is 6.54 Å². The second kappa shape index (κ2) is 5.10. The molecule has 2 aromatic rings. The van der Waals surface area contributed by atoms with Gasteiger partial charge in [0.15, 0.2) is 5.82 Å². The first kappa shape index (κ1) is 11.8. The van der Waals surface area contributed by atoms with Gasteiger partial charge in [-0.05, 0) is 18.9 Å². The molecule has 17 heavy (non-hydrogen) atoms. The van der Waals surface area contributed by atoms with E-state index < -0.39 is 0 Å². The summed E-state index contributed by atoms with van der Waals surface area (Å²) in [6.45, 7) is 2.54. The summed E-state index contributed by atoms with van der Waals surface area (Å²) < 4.78 is 1.76. The highest BCUT2D eigenvalue weighted by molar-refractivity contribution is 5.22. The molecule has 2 rings (SSSR count). The van der Waals surface area contributed by atoms with Crippen molar-refractivity contribution in [3.63, 3.8) is 0 Å². The van der Waals surface area contributed by atoms with Crippen molar-refractivity contribution < 1.29 is 0 Å². The lowest BCUT2D eigenvalue weighted by Gasteiger charge is -1.99. The van der Waals surface area contributed by atoms with Crippen molar-refractivity contribution in [2.45, 2.75) is 26.3 Å². The molecule has 0 fully saturated rings. The van der Waals surface area contributed by atoms with Crippen LogP contribution in [-0.2, 0) is 26.4 Å². The zero-order valence-corrected chi connectivity index (χ0v) is 10.3. The minimum absolute atomic E-state index is 0.438. The van der Waals surface area contributed by atoms with E-state index in [9.17, 15) is 0 Å². The van der Waals surface area contributed by atoms with Crippen LogP contribution in [0.4, 0.5) is 0 Å². The van der Waals surface area contributed by atoms with Crippen molar-refractivity contribution >= 4 is 0 Å². The monoisotopic (exact) mass is 230 g/mol. The van der Waals surface area contributed by atoms with E-state index in [1.54, 1.807) is 4.68 Å². The maximum atomic E-state index is 5.57. The Morgan fingerprint density at radius 1 is 1.29 bits per heavy atom. The Kier molecular flexibility index (Phi) is 3.54. The quantitative estimate of drug-likeness (QED) is 0.863. The molecule has 0 aliphatic heterocycles. The standard InChI is InChI=1S/C13H18N4/c1-10-4-3-5-11(8-10)6-7-12-15-13(9-14)17(2)16-12/h3-5,8H,6-7,9,14H2,1-2H3. The van der Waals surface area contributed by atoms with E-state index in [2.05, 4.69) is 41.3 Å². The van der Waals surface area contributed by atoms with Crippen molar-refractivity contribution in [1.82, 2.24) is 14.8 Å². The molecule has 0 amide bonds. The molecular formula is C13H18N4. The van der Waals surface area contributed by atoms with Crippen LogP contribution in [0.15, 0.2) is 24.3 Å². The molecule has 0 bridgehead atoms. The summed E-state index contributed by atoms with van der Waals surface area (Å²) in [5.41, 5.74) is 8.18. The van der Waals surface area contributed by atoms with E-state index in [-0.39, 0.29) is 0 Å². The molecule has 0 unspecified atom stereocenters. The fourth-order valence-corrected chi connectivity index (χ4v) is 1.88. The molecule has 2 N–H and O–H groups in total. The van der Waals surface area contributed by atoms with E-state index in [1.807, 2.05) is 7.05 Å². The number of aryl methyl sites for hydroxylation is 4. The lowest BCUT2D eigenvalue weighted by molar-refractivity contribution is 0.692. The Bertz CT molecular complexity index is 502. The Hall–Kier alpha value is -1.68. The number of nitrogens with zero attached hydrogens (tertiary/aromatic N) is 3. The SMILES string of the molecule is Cc1cccc(CCc2nc(CN)n(C)n2)c1. The number of benzene rings is 1. The summed E-state index contributed by atoms with van der Waals surface area (Å²) in [5.74, 6) is 1.71. The Morgan fingerprint density at radius 3 is 2.76 bits per heavy atom. The molecule has 90 valence electrons. The first-order valence-corrected chi connectivity index (χ1v) is 5.83. The highest BCUT2D eigenvalue weighted by Crippen LogP contribution is 2.07. The predicted molar refractivity (Wildman–Crippen MR) is 67.5 cm³/mol. The smallest absolute Gasteiger partial charge is 0.151 e. The van der Waals surface area contributed by atoms with Crippen LogP contribution >= 0.6 is 0 Å². The molecule has 4 nitrogen and oxygen atoms in total. The fraction of sp³-hybridized carbons (Fsp3) is 0.385. The van der Waals surface area contributed by atoms with Gasteiger partial charge in [-0.25, -0.2) is 4.98 Å². The van der Waals surface area contributed by atoms with Crippen LogP contribution < -0.4 is 5.73 Å². The van der Waals surface area contributed by atoms with Crippen molar-refractivity contribution in [3.8, 4) is 0 Å². The molecular weight excluding hydrogens is 212 g/mol. The first-order valence-electron chi connectivity index (χ1n) is 5.83. The van der Waals surface area contributed by atoms with Gasteiger partial charge >= 0.3 is 0 Å². The second-order valence-electron chi connectivity index (χ2n) is 4.26. The molecule has 0 aliphatic carbocycles. The van der Waals surface area contributed by atoms with E-state index in [0.29, 0.717) is 6.54 Å². The predicted octanol–water partition coefficient (Wildman–Crippen LogP) is 1.37. The third kappa shape index (κ3) is 2.91. The number of rotatable bonds is 4. The Labute approximate surface area is 101 Å². The van der Waals surface area contributed by atoms with Crippen LogP contribution in [0.1, 0.15) is 22.8 Å². The van der Waals surface area contributed by atoms with Gasteiger partial charge in [0.2, 0.25) is 0 Å². The third-order valence-corrected chi connectivity index (χ3v) is 2.80. The van der Waals surface area contributed by atoms with Crippen LogP contribution in [-0.4, -0.2) is 14.8 Å². The van der Waals surface area contributed by atoms with E-state index in [4.69, 9.17) is 5.73 Å². The normalized spacial score (nSPS) is 10.8. The van der Waals surface area contributed by atoms with Crippen LogP contribution in [0.25, 0.3) is 0 Å². The molecule has 0 saturated carbocycles. The minimum atomic E-state index is 0.438. The highest BCUT2D eigenvalue weighted by Gasteiger charge is 2.05. The third-order valence-electron chi connectivity index (χ3n) is 2.80. The summed E-state index contributed by atoms with van der Waals surface area (Å²) in [7, 11) is 1.88. The zero-order chi connectivity index (χ0) is 12.3. The molecule has 0 atom stereocenters. The fourth-order valence-electron chi connectivity index (χ4n) is 1.88. The van der Waals surface area contributed by atoms with Crippen LogP contribution in [0.5, 0.6) is 0 Å². The molecule has 1 heterocycles. The van der Waals surface area contributed by atoms with Crippen LogP contribution in [0, 0.1) is 6.92 Å². The summed E-state index contributed by atoms with van der Waals surface area (Å²) in [6, 6.07) is 8.53. The average molecular weight is 230 g/mol.